The molecule has 36 heavy (non-hydrogen) atoms. The van der Waals surface area contributed by atoms with Gasteiger partial charge in [-0.3, -0.25) is 5.32 Å². The molecule has 0 aliphatic carbocycles. The normalized spacial score (nSPS) is 12.2. The number of nitrogens with one attached hydrogen (secondary N) is 1. The molecule has 0 fully saturated rings. The molecule has 1 N–H and O–H groups in total. The molecule has 190 valence electrons. The van der Waals surface area contributed by atoms with E-state index in [-0.39, 0.29) is 6.04 Å². The number of rotatable bonds is 17. The summed E-state index contributed by atoms with van der Waals surface area (Å²) in [4.78, 5) is 0. The van der Waals surface area contributed by atoms with Crippen LogP contribution in [-0.2, 0) is 5.54 Å². The summed E-state index contributed by atoms with van der Waals surface area (Å²) in [6, 6.07) is 34.7. The predicted octanol–water partition coefficient (Wildman–Crippen LogP) is 9.16. The molecule has 0 spiro atoms. The molecule has 0 radical (unpaired) electrons. The molecule has 0 aliphatic rings. The van der Waals surface area contributed by atoms with Crippen molar-refractivity contribution in [3.8, 4) is 6.07 Å². The van der Waals surface area contributed by atoms with Gasteiger partial charge in [-0.1, -0.05) is 162 Å². The van der Waals surface area contributed by atoms with Gasteiger partial charge in [-0.15, -0.1) is 0 Å². The van der Waals surface area contributed by atoms with Crippen molar-refractivity contribution in [3.05, 3.63) is 108 Å². The summed E-state index contributed by atoms with van der Waals surface area (Å²) >= 11 is 0. The molecule has 3 aromatic rings. The van der Waals surface area contributed by atoms with Crippen LogP contribution in [0.1, 0.15) is 101 Å². The summed E-state index contributed by atoms with van der Waals surface area (Å²) in [6.07, 6.45) is 14.8. The van der Waals surface area contributed by atoms with E-state index in [2.05, 4.69) is 109 Å². The Morgan fingerprint density at radius 3 is 1.39 bits per heavy atom. The SMILES string of the molecule is CCCCCCCCCCCCC(CC#N)NC(c1ccccc1)(c1ccccc1)c1ccccc1. The number of hydrogen-bond donors (Lipinski definition) is 1. The zero-order valence-corrected chi connectivity index (χ0v) is 22.2. The maximum absolute atomic E-state index is 9.72. The van der Waals surface area contributed by atoms with E-state index >= 15 is 0 Å². The molecule has 0 saturated heterocycles. The van der Waals surface area contributed by atoms with Gasteiger partial charge < -0.3 is 0 Å². The molecule has 0 bridgehead atoms. The summed E-state index contributed by atoms with van der Waals surface area (Å²) < 4.78 is 0. The Hall–Kier alpha value is -2.89. The van der Waals surface area contributed by atoms with E-state index in [4.69, 9.17) is 0 Å². The lowest BCUT2D eigenvalue weighted by atomic mass is 9.76. The highest BCUT2D eigenvalue weighted by atomic mass is 15.0. The zero-order chi connectivity index (χ0) is 25.3. The maximum Gasteiger partial charge on any atom is 0.0950 e. The van der Waals surface area contributed by atoms with Crippen LogP contribution in [0.4, 0.5) is 0 Å². The first-order valence-corrected chi connectivity index (χ1v) is 14.1. The van der Waals surface area contributed by atoms with Crippen LogP contribution < -0.4 is 5.32 Å². The molecule has 2 nitrogen and oxygen atoms in total. The Morgan fingerprint density at radius 2 is 1.00 bits per heavy atom. The standard InChI is InChI=1S/C34H44N2/c1-2-3-4-5-6-7-8-9-10-20-27-33(28-29-35)36-34(30-21-14-11-15-22-30,31-23-16-12-17-24-31)32-25-18-13-19-26-32/h11-19,21-26,33,36H,2-10,20,27-28H2,1H3. The van der Waals surface area contributed by atoms with Gasteiger partial charge in [0.1, 0.15) is 0 Å². The molecular weight excluding hydrogens is 436 g/mol. The van der Waals surface area contributed by atoms with E-state index in [0.717, 1.165) is 12.8 Å². The zero-order valence-electron chi connectivity index (χ0n) is 22.2. The van der Waals surface area contributed by atoms with Crippen LogP contribution in [0.15, 0.2) is 91.0 Å². The van der Waals surface area contributed by atoms with E-state index in [1.54, 1.807) is 0 Å². The fourth-order valence-electron chi connectivity index (χ4n) is 5.33. The number of benzene rings is 3. The molecule has 0 heterocycles. The van der Waals surface area contributed by atoms with Gasteiger partial charge in [0, 0.05) is 6.04 Å². The number of unbranched alkanes of at least 4 members (excludes halogenated alkanes) is 9. The second kappa shape index (κ2) is 16.0. The molecule has 1 unspecified atom stereocenters. The molecule has 0 saturated carbocycles. The van der Waals surface area contributed by atoms with Crippen LogP contribution in [0, 0.1) is 11.3 Å². The van der Waals surface area contributed by atoms with Crippen molar-refractivity contribution in [2.75, 3.05) is 0 Å². The fourth-order valence-corrected chi connectivity index (χ4v) is 5.33. The van der Waals surface area contributed by atoms with Crippen molar-refractivity contribution in [2.24, 2.45) is 0 Å². The third kappa shape index (κ3) is 8.07. The molecule has 3 aromatic carbocycles. The topological polar surface area (TPSA) is 35.8 Å². The second-order valence-electron chi connectivity index (χ2n) is 10.0. The summed E-state index contributed by atoms with van der Waals surface area (Å²) in [5.74, 6) is 0. The van der Waals surface area contributed by atoms with E-state index in [9.17, 15) is 5.26 Å². The lowest BCUT2D eigenvalue weighted by Crippen LogP contribution is -2.49. The van der Waals surface area contributed by atoms with Gasteiger partial charge in [0.25, 0.3) is 0 Å². The Kier molecular flexibility index (Phi) is 12.3. The molecule has 2 heteroatoms. The summed E-state index contributed by atoms with van der Waals surface area (Å²) in [5, 5.41) is 13.7. The van der Waals surface area contributed by atoms with Crippen LogP contribution in [0.25, 0.3) is 0 Å². The smallest absolute Gasteiger partial charge is 0.0950 e. The van der Waals surface area contributed by atoms with Crippen molar-refractivity contribution in [2.45, 2.75) is 95.6 Å². The highest BCUT2D eigenvalue weighted by Crippen LogP contribution is 2.37. The van der Waals surface area contributed by atoms with Gasteiger partial charge in [0.15, 0.2) is 0 Å². The van der Waals surface area contributed by atoms with Gasteiger partial charge in [0.05, 0.1) is 18.0 Å². The second-order valence-corrected chi connectivity index (χ2v) is 10.0. The van der Waals surface area contributed by atoms with Crippen LogP contribution in [-0.4, -0.2) is 6.04 Å². The molecule has 0 amide bonds. The summed E-state index contributed by atoms with van der Waals surface area (Å²) in [7, 11) is 0. The highest BCUT2D eigenvalue weighted by molar-refractivity contribution is 5.49. The predicted molar refractivity (Wildman–Crippen MR) is 153 cm³/mol. The maximum atomic E-state index is 9.72. The minimum absolute atomic E-state index is 0.115. The van der Waals surface area contributed by atoms with Gasteiger partial charge in [-0.25, -0.2) is 0 Å². The highest BCUT2D eigenvalue weighted by Gasteiger charge is 2.37. The van der Waals surface area contributed by atoms with Crippen LogP contribution in [0.3, 0.4) is 0 Å². The summed E-state index contributed by atoms with van der Waals surface area (Å²) in [5.41, 5.74) is 3.10. The van der Waals surface area contributed by atoms with Crippen LogP contribution >= 0.6 is 0 Å². The van der Waals surface area contributed by atoms with Gasteiger partial charge in [-0.05, 0) is 23.1 Å². The van der Waals surface area contributed by atoms with E-state index in [0.29, 0.717) is 6.42 Å². The van der Waals surface area contributed by atoms with Crippen molar-refractivity contribution in [1.29, 1.82) is 5.26 Å². The molecule has 3 rings (SSSR count). The average Bonchev–Trinajstić information content (AvgIpc) is 2.94. The van der Waals surface area contributed by atoms with Crippen molar-refractivity contribution in [1.82, 2.24) is 5.32 Å². The lowest BCUT2D eigenvalue weighted by Gasteiger charge is -2.40. The lowest BCUT2D eigenvalue weighted by molar-refractivity contribution is 0.366. The third-order valence-corrected chi connectivity index (χ3v) is 7.28. The van der Waals surface area contributed by atoms with Gasteiger partial charge >= 0.3 is 0 Å². The first-order chi connectivity index (χ1) is 17.8. The van der Waals surface area contributed by atoms with Gasteiger partial charge in [0.2, 0.25) is 0 Å². The van der Waals surface area contributed by atoms with Crippen molar-refractivity contribution in [3.63, 3.8) is 0 Å². The third-order valence-electron chi connectivity index (χ3n) is 7.28. The first kappa shape index (κ1) is 27.7. The number of hydrogen-bond acceptors (Lipinski definition) is 2. The fraction of sp³-hybridized carbons (Fsp3) is 0.441. The number of nitriles is 1. The van der Waals surface area contributed by atoms with Crippen LogP contribution in [0.5, 0.6) is 0 Å². The van der Waals surface area contributed by atoms with E-state index in [1.165, 1.54) is 74.5 Å². The Morgan fingerprint density at radius 1 is 0.611 bits per heavy atom. The minimum atomic E-state index is -0.510. The van der Waals surface area contributed by atoms with E-state index in [1.807, 2.05) is 0 Å². The molecular formula is C34H44N2. The Labute approximate surface area is 219 Å². The molecule has 1 atom stereocenters. The Balaban J connectivity index is 1.73. The number of nitrogens with zero attached hydrogens (tertiary/aromatic N) is 1. The molecule has 0 aromatic heterocycles. The van der Waals surface area contributed by atoms with E-state index < -0.39 is 5.54 Å². The summed E-state index contributed by atoms with van der Waals surface area (Å²) in [6.45, 7) is 2.28. The first-order valence-electron chi connectivity index (χ1n) is 14.1. The van der Waals surface area contributed by atoms with Crippen molar-refractivity contribution >= 4 is 0 Å². The van der Waals surface area contributed by atoms with Gasteiger partial charge in [-0.2, -0.15) is 5.26 Å². The van der Waals surface area contributed by atoms with Crippen LogP contribution in [0.2, 0.25) is 0 Å². The van der Waals surface area contributed by atoms with Crippen molar-refractivity contribution < 1.29 is 0 Å². The quantitative estimate of drug-likeness (QED) is 0.154. The average molecular weight is 481 g/mol. The Bertz CT molecular complexity index is 895. The minimum Gasteiger partial charge on any atom is -0.296 e. The monoisotopic (exact) mass is 480 g/mol. The molecule has 0 aliphatic heterocycles. The largest absolute Gasteiger partial charge is 0.296 e.